The maximum absolute atomic E-state index is 12.4. The smallest absolute Gasteiger partial charge is 0.258 e. The lowest BCUT2D eigenvalue weighted by Gasteiger charge is -2.18. The van der Waals surface area contributed by atoms with E-state index < -0.39 is 0 Å². The molecule has 2 nitrogen and oxygen atoms in total. The van der Waals surface area contributed by atoms with E-state index in [9.17, 15) is 4.79 Å². The van der Waals surface area contributed by atoms with E-state index >= 15 is 0 Å². The Balaban J connectivity index is 2.30. The highest BCUT2D eigenvalue weighted by atomic mass is 79.9. The molecule has 0 saturated carbocycles. The Morgan fingerprint density at radius 3 is 2.58 bits per heavy atom. The molecule has 0 aromatic heterocycles. The van der Waals surface area contributed by atoms with Crippen molar-refractivity contribution in [2.24, 2.45) is 0 Å². The molecular formula is C15H13BrClNO. The van der Waals surface area contributed by atoms with Gasteiger partial charge >= 0.3 is 0 Å². The molecule has 0 heterocycles. The Bertz CT molecular complexity index is 627. The van der Waals surface area contributed by atoms with Crippen LogP contribution in [-0.2, 0) is 0 Å². The average Bonchev–Trinajstić information content (AvgIpc) is 2.40. The number of rotatable bonds is 2. The molecule has 0 N–H and O–H groups in total. The SMILES string of the molecule is Cc1cccc(N(C)C(=O)c2ccc(Cl)c(Br)c2)c1. The lowest BCUT2D eigenvalue weighted by Crippen LogP contribution is -2.26. The first-order valence-corrected chi connectivity index (χ1v) is 6.96. The second-order valence-electron chi connectivity index (χ2n) is 4.33. The number of benzene rings is 2. The van der Waals surface area contributed by atoms with E-state index in [1.807, 2.05) is 31.2 Å². The molecule has 0 atom stereocenters. The highest BCUT2D eigenvalue weighted by molar-refractivity contribution is 9.10. The third kappa shape index (κ3) is 3.17. The van der Waals surface area contributed by atoms with Crippen molar-refractivity contribution in [3.63, 3.8) is 0 Å². The number of carbonyl (C=O) groups excluding carboxylic acids is 1. The fourth-order valence-corrected chi connectivity index (χ4v) is 2.27. The summed E-state index contributed by atoms with van der Waals surface area (Å²) in [6.07, 6.45) is 0. The zero-order valence-corrected chi connectivity index (χ0v) is 13.0. The number of carbonyl (C=O) groups is 1. The third-order valence-corrected chi connectivity index (χ3v) is 4.07. The summed E-state index contributed by atoms with van der Waals surface area (Å²) in [7, 11) is 1.76. The van der Waals surface area contributed by atoms with Gasteiger partial charge in [0.2, 0.25) is 0 Å². The minimum Gasteiger partial charge on any atom is -0.311 e. The van der Waals surface area contributed by atoms with Crippen LogP contribution in [-0.4, -0.2) is 13.0 Å². The molecule has 0 bridgehead atoms. The molecule has 0 fully saturated rings. The number of aryl methyl sites for hydroxylation is 1. The Morgan fingerprint density at radius 2 is 1.95 bits per heavy atom. The molecule has 0 unspecified atom stereocenters. The second-order valence-corrected chi connectivity index (χ2v) is 5.59. The van der Waals surface area contributed by atoms with Crippen LogP contribution in [0.25, 0.3) is 0 Å². The zero-order chi connectivity index (χ0) is 14.0. The molecule has 19 heavy (non-hydrogen) atoms. The summed E-state index contributed by atoms with van der Waals surface area (Å²) in [5.41, 5.74) is 2.59. The maximum Gasteiger partial charge on any atom is 0.258 e. The summed E-state index contributed by atoms with van der Waals surface area (Å²) in [6, 6.07) is 13.0. The average molecular weight is 339 g/mol. The second kappa shape index (κ2) is 5.76. The monoisotopic (exact) mass is 337 g/mol. The summed E-state index contributed by atoms with van der Waals surface area (Å²) < 4.78 is 0.720. The molecule has 2 rings (SSSR count). The molecule has 2 aromatic carbocycles. The number of hydrogen-bond donors (Lipinski definition) is 0. The van der Waals surface area contributed by atoms with Crippen LogP contribution < -0.4 is 4.90 Å². The molecule has 0 spiro atoms. The van der Waals surface area contributed by atoms with E-state index in [1.165, 1.54) is 0 Å². The van der Waals surface area contributed by atoms with Crippen LogP contribution in [0.5, 0.6) is 0 Å². The molecule has 1 amide bonds. The molecule has 2 aromatic rings. The van der Waals surface area contributed by atoms with Crippen LogP contribution in [0.4, 0.5) is 5.69 Å². The molecule has 0 aliphatic heterocycles. The van der Waals surface area contributed by atoms with Crippen LogP contribution in [0, 0.1) is 6.92 Å². The summed E-state index contributed by atoms with van der Waals surface area (Å²) in [6.45, 7) is 2.00. The van der Waals surface area contributed by atoms with Crippen molar-refractivity contribution in [1.82, 2.24) is 0 Å². The normalized spacial score (nSPS) is 10.3. The fraction of sp³-hybridized carbons (Fsp3) is 0.133. The van der Waals surface area contributed by atoms with Gasteiger partial charge in [-0.1, -0.05) is 23.7 Å². The Kier molecular flexibility index (Phi) is 4.27. The van der Waals surface area contributed by atoms with Crippen LogP contribution >= 0.6 is 27.5 Å². The summed E-state index contributed by atoms with van der Waals surface area (Å²) in [4.78, 5) is 14.0. The minimum absolute atomic E-state index is 0.0667. The highest BCUT2D eigenvalue weighted by Crippen LogP contribution is 2.25. The van der Waals surface area contributed by atoms with Gasteiger partial charge in [0, 0.05) is 22.8 Å². The Morgan fingerprint density at radius 1 is 1.21 bits per heavy atom. The predicted molar refractivity (Wildman–Crippen MR) is 83.1 cm³/mol. The van der Waals surface area contributed by atoms with Gasteiger partial charge in [0.05, 0.1) is 5.02 Å². The van der Waals surface area contributed by atoms with Crippen molar-refractivity contribution in [3.8, 4) is 0 Å². The lowest BCUT2D eigenvalue weighted by atomic mass is 10.1. The van der Waals surface area contributed by atoms with E-state index in [-0.39, 0.29) is 5.91 Å². The third-order valence-electron chi connectivity index (χ3n) is 2.86. The Labute approximate surface area is 126 Å². The van der Waals surface area contributed by atoms with Gasteiger partial charge in [0.25, 0.3) is 5.91 Å². The molecule has 0 aliphatic rings. The van der Waals surface area contributed by atoms with Crippen LogP contribution in [0.1, 0.15) is 15.9 Å². The summed E-state index contributed by atoms with van der Waals surface area (Å²) >= 11 is 9.26. The number of anilines is 1. The van der Waals surface area contributed by atoms with E-state index in [0.29, 0.717) is 10.6 Å². The van der Waals surface area contributed by atoms with Gasteiger partial charge in [-0.15, -0.1) is 0 Å². The minimum atomic E-state index is -0.0667. The number of nitrogens with zero attached hydrogens (tertiary/aromatic N) is 1. The van der Waals surface area contributed by atoms with E-state index in [0.717, 1.165) is 15.7 Å². The van der Waals surface area contributed by atoms with Crippen molar-refractivity contribution in [3.05, 3.63) is 63.1 Å². The maximum atomic E-state index is 12.4. The first kappa shape index (κ1) is 14.1. The number of amides is 1. The van der Waals surface area contributed by atoms with Gasteiger partial charge < -0.3 is 4.90 Å². The van der Waals surface area contributed by atoms with E-state index in [4.69, 9.17) is 11.6 Å². The first-order chi connectivity index (χ1) is 8.99. The van der Waals surface area contributed by atoms with Crippen molar-refractivity contribution in [2.45, 2.75) is 6.92 Å². The van der Waals surface area contributed by atoms with Crippen LogP contribution in [0.15, 0.2) is 46.9 Å². The highest BCUT2D eigenvalue weighted by Gasteiger charge is 2.14. The zero-order valence-electron chi connectivity index (χ0n) is 10.7. The topological polar surface area (TPSA) is 20.3 Å². The summed E-state index contributed by atoms with van der Waals surface area (Å²) in [5.74, 6) is -0.0667. The Hall–Kier alpha value is -1.32. The fourth-order valence-electron chi connectivity index (χ4n) is 1.78. The van der Waals surface area contributed by atoms with Crippen molar-refractivity contribution in [2.75, 3.05) is 11.9 Å². The number of hydrogen-bond acceptors (Lipinski definition) is 1. The molecule has 0 aliphatic carbocycles. The molecule has 0 radical (unpaired) electrons. The van der Waals surface area contributed by atoms with Gasteiger partial charge in [0.15, 0.2) is 0 Å². The van der Waals surface area contributed by atoms with Gasteiger partial charge in [-0.25, -0.2) is 0 Å². The summed E-state index contributed by atoms with van der Waals surface area (Å²) in [5, 5.41) is 0.592. The molecule has 0 saturated heterocycles. The van der Waals surface area contributed by atoms with E-state index in [1.54, 1.807) is 30.1 Å². The molecular weight excluding hydrogens is 326 g/mol. The van der Waals surface area contributed by atoms with Crippen molar-refractivity contribution < 1.29 is 4.79 Å². The van der Waals surface area contributed by atoms with E-state index in [2.05, 4.69) is 15.9 Å². The largest absolute Gasteiger partial charge is 0.311 e. The predicted octanol–water partition coefficient (Wildman–Crippen LogP) is 4.69. The van der Waals surface area contributed by atoms with Gasteiger partial charge in [-0.05, 0) is 58.7 Å². The van der Waals surface area contributed by atoms with Crippen molar-refractivity contribution >= 4 is 39.1 Å². The number of halogens is 2. The van der Waals surface area contributed by atoms with Crippen molar-refractivity contribution in [1.29, 1.82) is 0 Å². The lowest BCUT2D eigenvalue weighted by molar-refractivity contribution is 0.0993. The first-order valence-electron chi connectivity index (χ1n) is 5.79. The molecule has 98 valence electrons. The quantitative estimate of drug-likeness (QED) is 0.778. The standard InChI is InChI=1S/C15H13BrClNO/c1-10-4-3-5-12(8-10)18(2)15(19)11-6-7-14(17)13(16)9-11/h3-9H,1-2H3. The molecule has 4 heteroatoms. The van der Waals surface area contributed by atoms with Gasteiger partial charge in [-0.2, -0.15) is 0 Å². The van der Waals surface area contributed by atoms with Crippen LogP contribution in [0.2, 0.25) is 5.02 Å². The van der Waals surface area contributed by atoms with Crippen LogP contribution in [0.3, 0.4) is 0 Å². The van der Waals surface area contributed by atoms with Gasteiger partial charge in [-0.3, -0.25) is 4.79 Å². The van der Waals surface area contributed by atoms with Gasteiger partial charge in [0.1, 0.15) is 0 Å².